The first-order chi connectivity index (χ1) is 8.94. The van der Waals surface area contributed by atoms with Crippen molar-refractivity contribution in [2.45, 2.75) is 12.3 Å². The summed E-state index contributed by atoms with van der Waals surface area (Å²) in [5.41, 5.74) is -2.23. The molecule has 0 saturated carbocycles. The zero-order chi connectivity index (χ0) is 14.6. The van der Waals surface area contributed by atoms with Crippen molar-refractivity contribution in [2.75, 3.05) is 21.3 Å². The van der Waals surface area contributed by atoms with E-state index in [1.54, 1.807) is 13.0 Å². The van der Waals surface area contributed by atoms with Crippen molar-refractivity contribution in [1.82, 2.24) is 0 Å². The fraction of sp³-hybridized carbons (Fsp3) is 0.417. The number of carbonyl (C=O) groups is 3. The highest BCUT2D eigenvalue weighted by Gasteiger charge is 2.59. The topological polar surface area (TPSA) is 78.9 Å². The number of thiophene rings is 1. The van der Waals surface area contributed by atoms with Crippen molar-refractivity contribution >= 4 is 29.2 Å². The molecule has 0 bridgehead atoms. The van der Waals surface area contributed by atoms with Crippen LogP contribution < -0.4 is 0 Å². The maximum Gasteiger partial charge on any atom is 0.340 e. The molecule has 0 aliphatic heterocycles. The molecule has 0 unspecified atom stereocenters. The van der Waals surface area contributed by atoms with Gasteiger partial charge in [0.2, 0.25) is 0 Å². The first-order valence-electron chi connectivity index (χ1n) is 5.27. The van der Waals surface area contributed by atoms with Crippen molar-refractivity contribution in [3.05, 3.63) is 21.9 Å². The highest BCUT2D eigenvalue weighted by Crippen LogP contribution is 2.34. The highest BCUT2D eigenvalue weighted by molar-refractivity contribution is 7.12. The van der Waals surface area contributed by atoms with Gasteiger partial charge in [-0.2, -0.15) is 0 Å². The Morgan fingerprint density at radius 2 is 1.37 bits per heavy atom. The summed E-state index contributed by atoms with van der Waals surface area (Å²) in [5.74, 6) is -3.10. The molecule has 0 amide bonds. The first kappa shape index (κ1) is 15.2. The minimum absolute atomic E-state index is 0.204. The summed E-state index contributed by atoms with van der Waals surface area (Å²) < 4.78 is 13.8. The maximum atomic E-state index is 12.0. The molecule has 0 aromatic carbocycles. The van der Waals surface area contributed by atoms with Crippen LogP contribution in [0, 0.1) is 6.92 Å². The molecule has 1 aromatic heterocycles. The van der Waals surface area contributed by atoms with E-state index in [4.69, 9.17) is 0 Å². The summed E-state index contributed by atoms with van der Waals surface area (Å²) in [6.07, 6.45) is 0. The monoisotopic (exact) mass is 286 g/mol. The molecule has 0 radical (unpaired) electrons. The van der Waals surface area contributed by atoms with Crippen LogP contribution in [0.25, 0.3) is 0 Å². The summed E-state index contributed by atoms with van der Waals surface area (Å²) in [7, 11) is 3.26. The van der Waals surface area contributed by atoms with Gasteiger partial charge in [-0.05, 0) is 19.1 Å². The number of hydrogen-bond donors (Lipinski definition) is 0. The van der Waals surface area contributed by atoms with Crippen molar-refractivity contribution in [2.24, 2.45) is 0 Å². The Morgan fingerprint density at radius 3 is 1.63 bits per heavy atom. The largest absolute Gasteiger partial charge is 0.467 e. The zero-order valence-electron chi connectivity index (χ0n) is 11.0. The van der Waals surface area contributed by atoms with Gasteiger partial charge in [-0.15, -0.1) is 11.3 Å². The van der Waals surface area contributed by atoms with Crippen LogP contribution in [-0.2, 0) is 34.0 Å². The standard InChI is InChI=1S/C12H14O6S/c1-7-5-6-8(19-7)12(9(13)16-2,10(14)17-3)11(15)18-4/h5-6H,1-4H3. The normalized spacial score (nSPS) is 10.7. The second-order valence-corrected chi connectivity index (χ2v) is 4.92. The van der Waals surface area contributed by atoms with E-state index in [0.29, 0.717) is 0 Å². The van der Waals surface area contributed by atoms with Crippen LogP contribution in [0.2, 0.25) is 0 Å². The highest BCUT2D eigenvalue weighted by atomic mass is 32.1. The lowest BCUT2D eigenvalue weighted by molar-refractivity contribution is -0.172. The molecule has 0 saturated heterocycles. The van der Waals surface area contributed by atoms with Gasteiger partial charge in [-0.25, -0.2) is 14.4 Å². The summed E-state index contributed by atoms with van der Waals surface area (Å²) in [6.45, 7) is 1.78. The van der Waals surface area contributed by atoms with E-state index in [-0.39, 0.29) is 4.88 Å². The van der Waals surface area contributed by atoms with Gasteiger partial charge in [-0.3, -0.25) is 0 Å². The minimum Gasteiger partial charge on any atom is -0.467 e. The quantitative estimate of drug-likeness (QED) is 0.463. The SMILES string of the molecule is COC(=O)C(C(=O)OC)(C(=O)OC)c1ccc(C)s1. The van der Waals surface area contributed by atoms with Gasteiger partial charge < -0.3 is 14.2 Å². The van der Waals surface area contributed by atoms with Gasteiger partial charge in [-0.1, -0.05) is 0 Å². The van der Waals surface area contributed by atoms with E-state index < -0.39 is 23.3 Å². The third-order valence-electron chi connectivity index (χ3n) is 2.58. The average Bonchev–Trinajstić information content (AvgIpc) is 2.85. The molecule has 0 N–H and O–H groups in total. The lowest BCUT2D eigenvalue weighted by Gasteiger charge is -2.24. The number of ether oxygens (including phenoxy) is 3. The molecule has 0 aliphatic rings. The molecule has 104 valence electrons. The lowest BCUT2D eigenvalue weighted by atomic mass is 9.86. The fourth-order valence-electron chi connectivity index (χ4n) is 1.65. The molecule has 6 nitrogen and oxygen atoms in total. The van der Waals surface area contributed by atoms with Crippen molar-refractivity contribution in [3.8, 4) is 0 Å². The van der Waals surface area contributed by atoms with Crippen LogP contribution in [0.5, 0.6) is 0 Å². The predicted octanol–water partition coefficient (Wildman–Crippen LogP) is 0.813. The summed E-state index contributed by atoms with van der Waals surface area (Å²) in [5, 5.41) is 0. The molecule has 0 atom stereocenters. The minimum atomic E-state index is -2.23. The molecule has 19 heavy (non-hydrogen) atoms. The molecule has 1 rings (SSSR count). The Hall–Kier alpha value is -1.89. The number of rotatable bonds is 4. The van der Waals surface area contributed by atoms with E-state index >= 15 is 0 Å². The number of hydrogen-bond acceptors (Lipinski definition) is 7. The first-order valence-corrected chi connectivity index (χ1v) is 6.08. The van der Waals surface area contributed by atoms with Crippen LogP contribution >= 0.6 is 11.3 Å². The Kier molecular flexibility index (Phi) is 4.66. The molecule has 1 heterocycles. The molecule has 0 spiro atoms. The maximum absolute atomic E-state index is 12.0. The van der Waals surface area contributed by atoms with Crippen molar-refractivity contribution < 1.29 is 28.6 Å². The fourth-order valence-corrected chi connectivity index (χ4v) is 2.67. The van der Waals surface area contributed by atoms with Gasteiger partial charge in [0.25, 0.3) is 5.41 Å². The van der Waals surface area contributed by atoms with Gasteiger partial charge in [0.15, 0.2) is 0 Å². The van der Waals surface area contributed by atoms with E-state index in [1.165, 1.54) is 6.07 Å². The zero-order valence-corrected chi connectivity index (χ0v) is 11.8. The Labute approximate surface area is 114 Å². The van der Waals surface area contributed by atoms with Crippen LogP contribution in [0.4, 0.5) is 0 Å². The second-order valence-electron chi connectivity index (χ2n) is 3.64. The van der Waals surface area contributed by atoms with E-state index in [2.05, 4.69) is 14.2 Å². The van der Waals surface area contributed by atoms with Gasteiger partial charge in [0.1, 0.15) is 0 Å². The molecule has 1 aromatic rings. The molecular weight excluding hydrogens is 272 g/mol. The van der Waals surface area contributed by atoms with Crippen molar-refractivity contribution in [1.29, 1.82) is 0 Å². The van der Waals surface area contributed by atoms with Crippen LogP contribution in [0.1, 0.15) is 9.75 Å². The predicted molar refractivity (Wildman–Crippen MR) is 66.8 cm³/mol. The van der Waals surface area contributed by atoms with E-state index in [9.17, 15) is 14.4 Å². The Morgan fingerprint density at radius 1 is 0.947 bits per heavy atom. The summed E-state index contributed by atoms with van der Waals surface area (Å²) in [6, 6.07) is 3.19. The van der Waals surface area contributed by atoms with Gasteiger partial charge in [0, 0.05) is 9.75 Å². The van der Waals surface area contributed by atoms with Crippen LogP contribution in [0.3, 0.4) is 0 Å². The lowest BCUT2D eigenvalue weighted by Crippen LogP contribution is -2.52. The summed E-state index contributed by atoms with van der Waals surface area (Å²) >= 11 is 1.12. The molecule has 0 fully saturated rings. The summed E-state index contributed by atoms with van der Waals surface area (Å²) in [4.78, 5) is 37.1. The molecule has 0 aliphatic carbocycles. The number of esters is 3. The van der Waals surface area contributed by atoms with Crippen LogP contribution in [0.15, 0.2) is 12.1 Å². The van der Waals surface area contributed by atoms with E-state index in [1.807, 2.05) is 0 Å². The number of carbonyl (C=O) groups excluding carboxylic acids is 3. The van der Waals surface area contributed by atoms with Gasteiger partial charge in [0.05, 0.1) is 21.3 Å². The van der Waals surface area contributed by atoms with Gasteiger partial charge >= 0.3 is 17.9 Å². The van der Waals surface area contributed by atoms with E-state index in [0.717, 1.165) is 37.5 Å². The van der Waals surface area contributed by atoms with Crippen LogP contribution in [-0.4, -0.2) is 39.2 Å². The van der Waals surface area contributed by atoms with Crippen molar-refractivity contribution in [3.63, 3.8) is 0 Å². The second kappa shape index (κ2) is 5.83. The number of methoxy groups -OCH3 is 3. The smallest absolute Gasteiger partial charge is 0.340 e. The molecular formula is C12H14O6S. The Balaban J connectivity index is 3.56. The third kappa shape index (κ3) is 2.33. The molecule has 7 heteroatoms. The Bertz CT molecular complexity index is 463. The number of aryl methyl sites for hydroxylation is 1. The average molecular weight is 286 g/mol. The third-order valence-corrected chi connectivity index (χ3v) is 3.70.